The third-order valence-electron chi connectivity index (χ3n) is 4.62. The van der Waals surface area contributed by atoms with E-state index in [1.54, 1.807) is 24.8 Å². The number of primary amides is 1. The standard InChI is InChI=1S/C17H22N6O3/c1-10-8-13(21-26-10)9-14(24)22-4-6-23(7-5-22)17-15(16(18)25)11(2)12(3)19-20-17/h8H,4-7,9H2,1-3H3,(H2,18,25). The van der Waals surface area contributed by atoms with E-state index in [0.29, 0.717) is 54.7 Å². The number of rotatable bonds is 4. The molecule has 2 N–H and O–H groups in total. The first kappa shape index (κ1) is 17.8. The van der Waals surface area contributed by atoms with Crippen LogP contribution in [-0.4, -0.2) is 58.2 Å². The van der Waals surface area contributed by atoms with Crippen LogP contribution in [0.2, 0.25) is 0 Å². The van der Waals surface area contributed by atoms with Crippen LogP contribution in [0.5, 0.6) is 0 Å². The van der Waals surface area contributed by atoms with E-state index in [0.717, 1.165) is 5.56 Å². The summed E-state index contributed by atoms with van der Waals surface area (Å²) in [6.45, 7) is 7.57. The van der Waals surface area contributed by atoms with Gasteiger partial charge in [-0.3, -0.25) is 9.59 Å². The lowest BCUT2D eigenvalue weighted by Gasteiger charge is -2.36. The molecule has 0 radical (unpaired) electrons. The number of carbonyl (C=O) groups excluding carboxylic acids is 2. The average molecular weight is 358 g/mol. The van der Waals surface area contributed by atoms with Crippen molar-refractivity contribution in [1.29, 1.82) is 0 Å². The van der Waals surface area contributed by atoms with E-state index < -0.39 is 5.91 Å². The Morgan fingerprint density at radius 2 is 1.85 bits per heavy atom. The van der Waals surface area contributed by atoms with Gasteiger partial charge in [-0.2, -0.15) is 5.10 Å². The van der Waals surface area contributed by atoms with E-state index in [1.807, 2.05) is 11.8 Å². The number of hydrogen-bond acceptors (Lipinski definition) is 7. The molecule has 26 heavy (non-hydrogen) atoms. The highest BCUT2D eigenvalue weighted by Gasteiger charge is 2.26. The van der Waals surface area contributed by atoms with Crippen molar-refractivity contribution < 1.29 is 14.1 Å². The van der Waals surface area contributed by atoms with E-state index >= 15 is 0 Å². The Hall–Kier alpha value is -2.97. The van der Waals surface area contributed by atoms with E-state index in [1.165, 1.54) is 0 Å². The molecular formula is C17H22N6O3. The number of amides is 2. The molecule has 0 atom stereocenters. The zero-order valence-corrected chi connectivity index (χ0v) is 15.2. The number of aromatic nitrogens is 3. The van der Waals surface area contributed by atoms with E-state index in [2.05, 4.69) is 15.4 Å². The van der Waals surface area contributed by atoms with E-state index in [4.69, 9.17) is 10.3 Å². The molecular weight excluding hydrogens is 336 g/mol. The van der Waals surface area contributed by atoms with Gasteiger partial charge in [-0.25, -0.2) is 0 Å². The summed E-state index contributed by atoms with van der Waals surface area (Å²) in [7, 11) is 0. The molecule has 2 aromatic rings. The Bertz CT molecular complexity index is 839. The lowest BCUT2D eigenvalue weighted by molar-refractivity contribution is -0.130. The first-order valence-corrected chi connectivity index (χ1v) is 8.45. The van der Waals surface area contributed by atoms with Crippen LogP contribution < -0.4 is 10.6 Å². The van der Waals surface area contributed by atoms with Gasteiger partial charge < -0.3 is 20.1 Å². The normalized spacial score (nSPS) is 14.6. The Kier molecular flexibility index (Phi) is 4.88. The zero-order valence-electron chi connectivity index (χ0n) is 15.2. The highest BCUT2D eigenvalue weighted by Crippen LogP contribution is 2.23. The van der Waals surface area contributed by atoms with E-state index in [9.17, 15) is 9.59 Å². The topological polar surface area (TPSA) is 118 Å². The van der Waals surface area contributed by atoms with Gasteiger partial charge in [0, 0.05) is 32.2 Å². The number of carbonyl (C=O) groups is 2. The molecule has 9 nitrogen and oxygen atoms in total. The molecule has 0 saturated carbocycles. The molecule has 1 aliphatic rings. The van der Waals surface area contributed by atoms with Crippen LogP contribution in [-0.2, 0) is 11.2 Å². The first-order valence-electron chi connectivity index (χ1n) is 8.45. The molecule has 0 aliphatic carbocycles. The Balaban J connectivity index is 1.68. The second-order valence-corrected chi connectivity index (χ2v) is 6.45. The maximum absolute atomic E-state index is 12.4. The van der Waals surface area contributed by atoms with Crippen molar-refractivity contribution in [2.24, 2.45) is 5.73 Å². The van der Waals surface area contributed by atoms with Gasteiger partial charge in [-0.1, -0.05) is 5.16 Å². The summed E-state index contributed by atoms with van der Waals surface area (Å²) in [6.07, 6.45) is 0.216. The highest BCUT2D eigenvalue weighted by molar-refractivity contribution is 5.99. The lowest BCUT2D eigenvalue weighted by atomic mass is 10.1. The third-order valence-corrected chi connectivity index (χ3v) is 4.62. The van der Waals surface area contributed by atoms with Crippen LogP contribution in [0.15, 0.2) is 10.6 Å². The van der Waals surface area contributed by atoms with Gasteiger partial charge in [-0.05, 0) is 26.3 Å². The summed E-state index contributed by atoms with van der Waals surface area (Å²) in [6, 6.07) is 1.76. The molecule has 2 aromatic heterocycles. The Morgan fingerprint density at radius 3 is 2.42 bits per heavy atom. The van der Waals surface area contributed by atoms with Crippen molar-refractivity contribution in [3.8, 4) is 0 Å². The number of hydrogen-bond donors (Lipinski definition) is 1. The van der Waals surface area contributed by atoms with Crippen LogP contribution in [0.4, 0.5) is 5.82 Å². The zero-order chi connectivity index (χ0) is 18.8. The van der Waals surface area contributed by atoms with Crippen molar-refractivity contribution in [3.63, 3.8) is 0 Å². The Labute approximate surface area is 151 Å². The molecule has 2 amide bonds. The molecule has 9 heteroatoms. The fourth-order valence-electron chi connectivity index (χ4n) is 3.05. The first-order chi connectivity index (χ1) is 12.4. The van der Waals surface area contributed by atoms with Crippen LogP contribution in [0.1, 0.15) is 33.1 Å². The van der Waals surface area contributed by atoms with Gasteiger partial charge in [-0.15, -0.1) is 5.10 Å². The number of piperazine rings is 1. The maximum Gasteiger partial charge on any atom is 0.252 e. The van der Waals surface area contributed by atoms with Gasteiger partial charge in [0.15, 0.2) is 5.82 Å². The van der Waals surface area contributed by atoms with Gasteiger partial charge >= 0.3 is 0 Å². The maximum atomic E-state index is 12.4. The molecule has 0 aromatic carbocycles. The number of nitrogens with zero attached hydrogens (tertiary/aromatic N) is 5. The minimum Gasteiger partial charge on any atom is -0.365 e. The van der Waals surface area contributed by atoms with Gasteiger partial charge in [0.2, 0.25) is 5.91 Å². The number of anilines is 1. The van der Waals surface area contributed by atoms with Crippen molar-refractivity contribution in [2.75, 3.05) is 31.1 Å². The fraction of sp³-hybridized carbons (Fsp3) is 0.471. The largest absolute Gasteiger partial charge is 0.365 e. The molecule has 0 bridgehead atoms. The van der Waals surface area contributed by atoms with Crippen molar-refractivity contribution in [2.45, 2.75) is 27.2 Å². The fourth-order valence-corrected chi connectivity index (χ4v) is 3.05. The van der Waals surface area contributed by atoms with Gasteiger partial charge in [0.1, 0.15) is 5.76 Å². The SMILES string of the molecule is Cc1cc(CC(=O)N2CCN(c3nnc(C)c(C)c3C(N)=O)CC2)no1. The predicted molar refractivity (Wildman–Crippen MR) is 93.8 cm³/mol. The molecule has 1 aliphatic heterocycles. The summed E-state index contributed by atoms with van der Waals surface area (Å²) in [5, 5.41) is 12.1. The minimum atomic E-state index is -0.518. The average Bonchev–Trinajstić information content (AvgIpc) is 3.01. The molecule has 3 heterocycles. The number of nitrogens with two attached hydrogens (primary N) is 1. The van der Waals surface area contributed by atoms with Crippen molar-refractivity contribution in [1.82, 2.24) is 20.3 Å². The molecule has 0 spiro atoms. The number of aryl methyl sites for hydroxylation is 2. The van der Waals surface area contributed by atoms with Crippen LogP contribution in [0.25, 0.3) is 0 Å². The van der Waals surface area contributed by atoms with Crippen molar-refractivity contribution >= 4 is 17.6 Å². The Morgan fingerprint density at radius 1 is 1.15 bits per heavy atom. The van der Waals surface area contributed by atoms with Gasteiger partial charge in [0.25, 0.3) is 5.91 Å². The summed E-state index contributed by atoms with van der Waals surface area (Å²) in [4.78, 5) is 28.0. The quantitative estimate of drug-likeness (QED) is 0.839. The monoisotopic (exact) mass is 358 g/mol. The van der Waals surface area contributed by atoms with Crippen molar-refractivity contribution in [3.05, 3.63) is 34.3 Å². The van der Waals surface area contributed by atoms with Crippen LogP contribution in [0.3, 0.4) is 0 Å². The second kappa shape index (κ2) is 7.11. The van der Waals surface area contributed by atoms with Gasteiger partial charge in [0.05, 0.1) is 23.4 Å². The van der Waals surface area contributed by atoms with E-state index in [-0.39, 0.29) is 12.3 Å². The molecule has 1 saturated heterocycles. The molecule has 138 valence electrons. The molecule has 3 rings (SSSR count). The molecule has 1 fully saturated rings. The smallest absolute Gasteiger partial charge is 0.252 e. The van der Waals surface area contributed by atoms with Crippen LogP contribution >= 0.6 is 0 Å². The minimum absolute atomic E-state index is 0.000699. The summed E-state index contributed by atoms with van der Waals surface area (Å²) >= 11 is 0. The summed E-state index contributed by atoms with van der Waals surface area (Å²) in [5.74, 6) is 0.652. The second-order valence-electron chi connectivity index (χ2n) is 6.45. The third kappa shape index (κ3) is 3.51. The molecule has 0 unspecified atom stereocenters. The predicted octanol–water partition coefficient (Wildman–Crippen LogP) is 0.380. The summed E-state index contributed by atoms with van der Waals surface area (Å²) < 4.78 is 5.00. The highest BCUT2D eigenvalue weighted by atomic mass is 16.5. The summed E-state index contributed by atoms with van der Waals surface area (Å²) in [5.41, 5.74) is 7.99. The lowest BCUT2D eigenvalue weighted by Crippen LogP contribution is -2.50. The van der Waals surface area contributed by atoms with Crippen LogP contribution in [0, 0.1) is 20.8 Å².